The number of hydrogen-bond acceptors (Lipinski definition) is 4. The Bertz CT molecular complexity index is 570. The van der Waals surface area contributed by atoms with Crippen LogP contribution in [0.2, 0.25) is 0 Å². The lowest BCUT2D eigenvalue weighted by molar-refractivity contribution is 0.0781. The number of rotatable bonds is 3. The Balaban J connectivity index is 2.15. The average Bonchev–Trinajstić information content (AvgIpc) is 2.75. The molecule has 6 heteroatoms. The SMILES string of the molecule is Cc1nnsc1CN(C)C(=O)c1ccccc1F. The van der Waals surface area contributed by atoms with Gasteiger partial charge in [0.1, 0.15) is 5.82 Å². The van der Waals surface area contributed by atoms with E-state index in [1.807, 2.05) is 6.92 Å². The fraction of sp³-hybridized carbons (Fsp3) is 0.250. The van der Waals surface area contributed by atoms with Crippen LogP contribution in [-0.2, 0) is 6.54 Å². The van der Waals surface area contributed by atoms with Crippen LogP contribution in [0.4, 0.5) is 4.39 Å². The monoisotopic (exact) mass is 265 g/mol. The third kappa shape index (κ3) is 2.53. The first-order valence-corrected chi connectivity index (χ1v) is 6.14. The lowest BCUT2D eigenvalue weighted by Gasteiger charge is -2.16. The Labute approximate surface area is 108 Å². The minimum absolute atomic E-state index is 0.0788. The highest BCUT2D eigenvalue weighted by Crippen LogP contribution is 2.15. The number of carbonyl (C=O) groups is 1. The van der Waals surface area contributed by atoms with Crippen molar-refractivity contribution >= 4 is 17.4 Å². The van der Waals surface area contributed by atoms with Gasteiger partial charge in [-0.1, -0.05) is 16.6 Å². The summed E-state index contributed by atoms with van der Waals surface area (Å²) >= 11 is 1.25. The summed E-state index contributed by atoms with van der Waals surface area (Å²) in [4.78, 5) is 14.4. The maximum absolute atomic E-state index is 13.5. The van der Waals surface area contributed by atoms with Gasteiger partial charge in [0.25, 0.3) is 5.91 Å². The molecule has 0 spiro atoms. The van der Waals surface area contributed by atoms with Crippen LogP contribution >= 0.6 is 11.5 Å². The van der Waals surface area contributed by atoms with Crippen molar-refractivity contribution < 1.29 is 9.18 Å². The summed E-state index contributed by atoms with van der Waals surface area (Å²) in [5.41, 5.74) is 0.878. The molecule has 1 aromatic carbocycles. The first kappa shape index (κ1) is 12.6. The number of amides is 1. The van der Waals surface area contributed by atoms with Crippen LogP contribution in [0, 0.1) is 12.7 Å². The molecule has 1 amide bonds. The zero-order valence-electron chi connectivity index (χ0n) is 10.1. The fourth-order valence-corrected chi connectivity index (χ4v) is 2.21. The van der Waals surface area contributed by atoms with Crippen molar-refractivity contribution in [3.05, 3.63) is 46.2 Å². The van der Waals surface area contributed by atoms with Crippen molar-refractivity contribution in [3.8, 4) is 0 Å². The Hall–Kier alpha value is -1.82. The Morgan fingerprint density at radius 3 is 2.78 bits per heavy atom. The van der Waals surface area contributed by atoms with Gasteiger partial charge in [0, 0.05) is 7.05 Å². The van der Waals surface area contributed by atoms with Crippen LogP contribution in [0.5, 0.6) is 0 Å². The Morgan fingerprint density at radius 1 is 1.44 bits per heavy atom. The molecule has 0 N–H and O–H groups in total. The number of aryl methyl sites for hydroxylation is 1. The van der Waals surface area contributed by atoms with E-state index in [1.165, 1.54) is 28.6 Å². The van der Waals surface area contributed by atoms with Gasteiger partial charge < -0.3 is 4.90 Å². The second kappa shape index (κ2) is 5.22. The van der Waals surface area contributed by atoms with Gasteiger partial charge in [0.05, 0.1) is 22.7 Å². The van der Waals surface area contributed by atoms with E-state index in [9.17, 15) is 9.18 Å². The van der Waals surface area contributed by atoms with E-state index in [1.54, 1.807) is 19.2 Å². The molecule has 0 aliphatic heterocycles. The largest absolute Gasteiger partial charge is 0.336 e. The van der Waals surface area contributed by atoms with Crippen molar-refractivity contribution in [2.24, 2.45) is 0 Å². The van der Waals surface area contributed by atoms with Crippen molar-refractivity contribution in [3.63, 3.8) is 0 Å². The van der Waals surface area contributed by atoms with E-state index in [0.717, 1.165) is 10.6 Å². The molecular formula is C12H12FN3OS. The van der Waals surface area contributed by atoms with Gasteiger partial charge in [-0.25, -0.2) is 4.39 Å². The molecule has 94 valence electrons. The second-order valence-corrected chi connectivity index (χ2v) is 4.76. The van der Waals surface area contributed by atoms with Crippen molar-refractivity contribution in [2.75, 3.05) is 7.05 Å². The van der Waals surface area contributed by atoms with E-state index in [-0.39, 0.29) is 11.5 Å². The average molecular weight is 265 g/mol. The second-order valence-electron chi connectivity index (χ2n) is 3.92. The zero-order valence-corrected chi connectivity index (χ0v) is 10.9. The molecule has 0 radical (unpaired) electrons. The fourth-order valence-electron chi connectivity index (χ4n) is 1.52. The predicted octanol–water partition coefficient (Wildman–Crippen LogP) is 2.26. The first-order chi connectivity index (χ1) is 8.59. The summed E-state index contributed by atoms with van der Waals surface area (Å²) in [6.45, 7) is 2.22. The maximum Gasteiger partial charge on any atom is 0.256 e. The van der Waals surface area contributed by atoms with Crippen molar-refractivity contribution in [1.82, 2.24) is 14.5 Å². The summed E-state index contributed by atoms with van der Waals surface area (Å²) in [5.74, 6) is -0.852. The molecule has 1 aromatic heterocycles. The van der Waals surface area contributed by atoms with Crippen molar-refractivity contribution in [2.45, 2.75) is 13.5 Å². The predicted molar refractivity (Wildman–Crippen MR) is 66.8 cm³/mol. The molecule has 4 nitrogen and oxygen atoms in total. The van der Waals surface area contributed by atoms with Crippen LogP contribution < -0.4 is 0 Å². The molecule has 2 aromatic rings. The molecule has 0 aliphatic rings. The lowest BCUT2D eigenvalue weighted by Crippen LogP contribution is -2.26. The molecule has 18 heavy (non-hydrogen) atoms. The van der Waals surface area contributed by atoms with Gasteiger partial charge in [-0.05, 0) is 30.6 Å². The van der Waals surface area contributed by atoms with Crippen LogP contribution in [0.3, 0.4) is 0 Å². The number of nitrogens with zero attached hydrogens (tertiary/aromatic N) is 3. The van der Waals surface area contributed by atoms with Gasteiger partial charge in [-0.2, -0.15) is 0 Å². The summed E-state index contributed by atoms with van der Waals surface area (Å²) in [6.07, 6.45) is 0. The number of hydrogen-bond donors (Lipinski definition) is 0. The topological polar surface area (TPSA) is 46.1 Å². The quantitative estimate of drug-likeness (QED) is 0.855. The van der Waals surface area contributed by atoms with E-state index >= 15 is 0 Å². The summed E-state index contributed by atoms with van der Waals surface area (Å²) in [7, 11) is 1.63. The molecule has 0 aliphatic carbocycles. The molecule has 0 bridgehead atoms. The number of carbonyl (C=O) groups excluding carboxylic acids is 1. The highest BCUT2D eigenvalue weighted by atomic mass is 32.1. The minimum atomic E-state index is -0.506. The molecule has 0 saturated heterocycles. The molecular weight excluding hydrogens is 253 g/mol. The Kier molecular flexibility index (Phi) is 3.66. The standard InChI is InChI=1S/C12H12FN3OS/c1-8-11(18-15-14-8)7-16(2)12(17)9-5-3-4-6-10(9)13/h3-6H,7H2,1-2H3. The van der Waals surface area contributed by atoms with Crippen molar-refractivity contribution in [1.29, 1.82) is 0 Å². The molecule has 0 saturated carbocycles. The first-order valence-electron chi connectivity index (χ1n) is 5.37. The third-order valence-electron chi connectivity index (χ3n) is 2.58. The summed E-state index contributed by atoms with van der Waals surface area (Å²) in [6, 6.07) is 5.96. The van der Waals surface area contributed by atoms with E-state index in [4.69, 9.17) is 0 Å². The smallest absolute Gasteiger partial charge is 0.256 e. The molecule has 0 unspecified atom stereocenters. The van der Waals surface area contributed by atoms with Gasteiger partial charge in [-0.15, -0.1) is 5.10 Å². The summed E-state index contributed by atoms with van der Waals surface area (Å²) < 4.78 is 17.3. The van der Waals surface area contributed by atoms with E-state index in [2.05, 4.69) is 9.59 Å². The maximum atomic E-state index is 13.5. The van der Waals surface area contributed by atoms with E-state index < -0.39 is 5.82 Å². The summed E-state index contributed by atoms with van der Waals surface area (Å²) in [5, 5.41) is 3.88. The van der Waals surface area contributed by atoms with Gasteiger partial charge in [-0.3, -0.25) is 4.79 Å². The van der Waals surface area contributed by atoms with E-state index in [0.29, 0.717) is 6.54 Å². The molecule has 0 fully saturated rings. The normalized spacial score (nSPS) is 10.4. The third-order valence-corrected chi connectivity index (χ3v) is 3.39. The molecule has 2 rings (SSSR count). The molecule has 0 atom stereocenters. The zero-order chi connectivity index (χ0) is 13.1. The number of benzene rings is 1. The Morgan fingerprint density at radius 2 is 2.17 bits per heavy atom. The van der Waals surface area contributed by atoms with Gasteiger partial charge in [0.2, 0.25) is 0 Å². The highest BCUT2D eigenvalue weighted by molar-refractivity contribution is 7.05. The van der Waals surface area contributed by atoms with Crippen LogP contribution in [0.1, 0.15) is 20.9 Å². The highest BCUT2D eigenvalue weighted by Gasteiger charge is 2.17. The number of aromatic nitrogens is 2. The van der Waals surface area contributed by atoms with Crippen LogP contribution in [0.15, 0.2) is 24.3 Å². The minimum Gasteiger partial charge on any atom is -0.336 e. The van der Waals surface area contributed by atoms with Gasteiger partial charge >= 0.3 is 0 Å². The van der Waals surface area contributed by atoms with Crippen LogP contribution in [0.25, 0.3) is 0 Å². The van der Waals surface area contributed by atoms with Crippen LogP contribution in [-0.4, -0.2) is 27.4 Å². The lowest BCUT2D eigenvalue weighted by atomic mass is 10.2. The number of halogens is 1. The van der Waals surface area contributed by atoms with Gasteiger partial charge in [0.15, 0.2) is 0 Å². The molecule has 1 heterocycles.